The molecule has 0 spiro atoms. The van der Waals surface area contributed by atoms with Crippen LogP contribution in [0.5, 0.6) is 0 Å². The Hall–Kier alpha value is -1.69. The zero-order valence-electron chi connectivity index (χ0n) is 17.8. The monoisotopic (exact) mass is 399 g/mol. The quantitative estimate of drug-likeness (QED) is 0.336. The highest BCUT2D eigenvalue weighted by Crippen LogP contribution is 2.38. The number of hydrogen-bond donors (Lipinski definition) is 0. The Morgan fingerprint density at radius 1 is 0.897 bits per heavy atom. The summed E-state index contributed by atoms with van der Waals surface area (Å²) in [7, 11) is 0. The van der Waals surface area contributed by atoms with Crippen molar-refractivity contribution in [2.75, 3.05) is 0 Å². The molecule has 2 fully saturated rings. The molecule has 0 amide bonds. The summed E-state index contributed by atoms with van der Waals surface area (Å²) in [5, 5.41) is 8.83. The van der Waals surface area contributed by atoms with Gasteiger partial charge in [0.15, 0.2) is 0 Å². The minimum Gasteiger partial charge on any atom is -0.205 e. The summed E-state index contributed by atoms with van der Waals surface area (Å²) in [6, 6.07) is 4.33. The van der Waals surface area contributed by atoms with E-state index in [2.05, 4.69) is 19.1 Å². The number of rotatable bonds is 7. The second-order valence-electron chi connectivity index (χ2n) is 9.24. The Morgan fingerprint density at radius 3 is 1.97 bits per heavy atom. The van der Waals surface area contributed by atoms with Crippen LogP contribution in [0.3, 0.4) is 0 Å². The molecule has 2 saturated carbocycles. The van der Waals surface area contributed by atoms with Crippen LogP contribution in [0.4, 0.5) is 8.78 Å². The van der Waals surface area contributed by atoms with Gasteiger partial charge in [-0.2, -0.15) is 5.26 Å². The summed E-state index contributed by atoms with van der Waals surface area (Å²) in [5.74, 6) is 1.05. The van der Waals surface area contributed by atoms with E-state index < -0.39 is 17.2 Å². The molecule has 0 aliphatic heterocycles. The predicted molar refractivity (Wildman–Crippen MR) is 115 cm³/mol. The van der Waals surface area contributed by atoms with Crippen LogP contribution in [0.15, 0.2) is 24.3 Å². The van der Waals surface area contributed by atoms with Crippen molar-refractivity contribution in [3.63, 3.8) is 0 Å². The van der Waals surface area contributed by atoms with Crippen LogP contribution >= 0.6 is 0 Å². The van der Waals surface area contributed by atoms with Crippen LogP contribution < -0.4 is 0 Å². The second-order valence-corrected chi connectivity index (χ2v) is 9.24. The lowest BCUT2D eigenvalue weighted by Crippen LogP contribution is -2.15. The van der Waals surface area contributed by atoms with E-state index in [4.69, 9.17) is 5.26 Å². The topological polar surface area (TPSA) is 23.8 Å². The summed E-state index contributed by atoms with van der Waals surface area (Å²) < 4.78 is 27.8. The fourth-order valence-corrected chi connectivity index (χ4v) is 5.25. The van der Waals surface area contributed by atoms with Gasteiger partial charge in [-0.25, -0.2) is 8.78 Å². The highest BCUT2D eigenvalue weighted by atomic mass is 19.1. The van der Waals surface area contributed by atoms with Crippen LogP contribution in [0.1, 0.15) is 101 Å². The number of nitriles is 1. The summed E-state index contributed by atoms with van der Waals surface area (Å²) in [6.45, 7) is 2.27. The van der Waals surface area contributed by atoms with Crippen molar-refractivity contribution in [3.05, 3.63) is 47.0 Å². The molecular formula is C26H35F2N. The number of unbranched alkanes of at least 4 members (excludes halogenated alkanes) is 2. The first-order chi connectivity index (χ1) is 14.1. The molecule has 0 radical (unpaired) electrons. The van der Waals surface area contributed by atoms with Gasteiger partial charge in [-0.1, -0.05) is 44.8 Å². The number of hydrogen-bond acceptors (Lipinski definition) is 1. The molecule has 3 rings (SSSR count). The van der Waals surface area contributed by atoms with E-state index in [0.717, 1.165) is 37.5 Å². The Balaban J connectivity index is 1.43. The zero-order chi connectivity index (χ0) is 20.6. The number of benzene rings is 1. The largest absolute Gasteiger partial charge is 0.205 e. The third kappa shape index (κ3) is 6.14. The molecule has 0 N–H and O–H groups in total. The van der Waals surface area contributed by atoms with Crippen LogP contribution in [0, 0.1) is 40.7 Å². The summed E-state index contributed by atoms with van der Waals surface area (Å²) in [6.07, 6.45) is 20.0. The molecule has 2 aliphatic carbocycles. The Kier molecular flexibility index (Phi) is 8.28. The van der Waals surface area contributed by atoms with Crippen molar-refractivity contribution in [1.82, 2.24) is 0 Å². The average molecular weight is 400 g/mol. The maximum atomic E-state index is 13.9. The van der Waals surface area contributed by atoms with Crippen LogP contribution in [0.2, 0.25) is 0 Å². The van der Waals surface area contributed by atoms with Crippen molar-refractivity contribution >= 4 is 0 Å². The van der Waals surface area contributed by atoms with E-state index in [9.17, 15) is 8.78 Å². The summed E-state index contributed by atoms with van der Waals surface area (Å²) >= 11 is 0. The number of nitrogens with zero attached hydrogens (tertiary/aromatic N) is 1. The van der Waals surface area contributed by atoms with E-state index in [1.807, 2.05) is 0 Å². The molecule has 3 heteroatoms. The smallest absolute Gasteiger partial charge is 0.144 e. The molecule has 0 atom stereocenters. The third-order valence-electron chi connectivity index (χ3n) is 7.18. The van der Waals surface area contributed by atoms with Crippen molar-refractivity contribution < 1.29 is 8.78 Å². The molecule has 0 unspecified atom stereocenters. The second kappa shape index (κ2) is 10.9. The Labute approximate surface area is 175 Å². The lowest BCUT2D eigenvalue weighted by atomic mass is 9.76. The standard InChI is InChI=1S/C26H35F2N/c1-2-3-4-5-19-6-8-20(9-7-19)10-11-21-12-14-22(15-13-21)23-16-25(27)24(18-29)26(28)17-23/h10-11,16-17,19-22H,2-9,12-15H2,1H3/t19-,20-,21-,22-. The molecule has 0 bridgehead atoms. The molecule has 158 valence electrons. The maximum Gasteiger partial charge on any atom is 0.144 e. The first-order valence-electron chi connectivity index (χ1n) is 11.7. The maximum absolute atomic E-state index is 13.9. The minimum atomic E-state index is -0.727. The van der Waals surface area contributed by atoms with Crippen LogP contribution in [-0.4, -0.2) is 0 Å². The molecule has 1 aromatic carbocycles. The summed E-state index contributed by atoms with van der Waals surface area (Å²) in [5.41, 5.74) is 0.244. The fraction of sp³-hybridized carbons (Fsp3) is 0.654. The van der Waals surface area contributed by atoms with E-state index >= 15 is 0 Å². The van der Waals surface area contributed by atoms with Crippen LogP contribution in [-0.2, 0) is 0 Å². The molecule has 1 aromatic rings. The number of halogens is 2. The van der Waals surface area contributed by atoms with Crippen molar-refractivity contribution in [3.8, 4) is 6.07 Å². The van der Waals surface area contributed by atoms with Gasteiger partial charge in [0.2, 0.25) is 0 Å². The molecule has 29 heavy (non-hydrogen) atoms. The lowest BCUT2D eigenvalue weighted by Gasteiger charge is -2.29. The van der Waals surface area contributed by atoms with Gasteiger partial charge in [0.25, 0.3) is 0 Å². The Morgan fingerprint density at radius 2 is 1.45 bits per heavy atom. The minimum absolute atomic E-state index is 0.204. The van der Waals surface area contributed by atoms with E-state index in [0.29, 0.717) is 11.5 Å². The van der Waals surface area contributed by atoms with Gasteiger partial charge < -0.3 is 0 Å². The normalized spacial score (nSPS) is 27.8. The lowest BCUT2D eigenvalue weighted by molar-refractivity contribution is 0.288. The van der Waals surface area contributed by atoms with Gasteiger partial charge >= 0.3 is 0 Å². The molecule has 0 saturated heterocycles. The van der Waals surface area contributed by atoms with Crippen molar-refractivity contribution in [2.45, 2.75) is 89.9 Å². The highest BCUT2D eigenvalue weighted by molar-refractivity contribution is 5.36. The van der Waals surface area contributed by atoms with E-state index in [1.165, 1.54) is 63.5 Å². The van der Waals surface area contributed by atoms with Crippen LogP contribution in [0.25, 0.3) is 0 Å². The molecule has 0 heterocycles. The average Bonchev–Trinajstić information content (AvgIpc) is 2.73. The third-order valence-corrected chi connectivity index (χ3v) is 7.18. The van der Waals surface area contributed by atoms with Gasteiger partial charge in [-0.05, 0) is 92.7 Å². The van der Waals surface area contributed by atoms with E-state index in [-0.39, 0.29) is 5.92 Å². The first kappa shape index (κ1) is 22.0. The molecular weight excluding hydrogens is 364 g/mol. The molecule has 2 aliphatic rings. The SMILES string of the molecule is CCCCC[C@H]1CC[C@H](C=C[C@H]2CC[C@H](c3cc(F)c(C#N)c(F)c3)CC2)CC1. The molecule has 1 nitrogen and oxygen atoms in total. The number of allylic oxidation sites excluding steroid dienone is 2. The molecule has 0 aromatic heterocycles. The van der Waals surface area contributed by atoms with Gasteiger partial charge in [-0.15, -0.1) is 0 Å². The van der Waals surface area contributed by atoms with Crippen molar-refractivity contribution in [1.29, 1.82) is 5.26 Å². The summed E-state index contributed by atoms with van der Waals surface area (Å²) in [4.78, 5) is 0. The van der Waals surface area contributed by atoms with Gasteiger partial charge in [0.05, 0.1) is 0 Å². The van der Waals surface area contributed by atoms with E-state index in [1.54, 1.807) is 6.07 Å². The van der Waals surface area contributed by atoms with Crippen molar-refractivity contribution in [2.24, 2.45) is 17.8 Å². The predicted octanol–water partition coefficient (Wildman–Crippen LogP) is 8.05. The zero-order valence-corrected chi connectivity index (χ0v) is 17.8. The van der Waals surface area contributed by atoms with Gasteiger partial charge in [0, 0.05) is 0 Å². The first-order valence-corrected chi connectivity index (χ1v) is 11.7. The fourth-order valence-electron chi connectivity index (χ4n) is 5.25. The highest BCUT2D eigenvalue weighted by Gasteiger charge is 2.24. The van der Waals surface area contributed by atoms with Gasteiger partial charge in [-0.3, -0.25) is 0 Å². The Bertz CT molecular complexity index is 694. The van der Waals surface area contributed by atoms with Gasteiger partial charge in [0.1, 0.15) is 23.3 Å².